The van der Waals surface area contributed by atoms with E-state index in [1.54, 1.807) is 4.90 Å². The van der Waals surface area contributed by atoms with Crippen LogP contribution in [0.3, 0.4) is 0 Å². The standard InChI is InChI=1S/C24H26N4O3/c25-11-10-16-13-27(20-7-2-1-5-17(16)20)12-15-4-3-6-18-19(15)14-28(24(18)31)21-8-9-22(29)26-23(21)30/h1-7,16,21H,8-14,25H2,(H,26,29,30). The molecule has 1 saturated heterocycles. The zero-order valence-electron chi connectivity index (χ0n) is 17.3. The maximum atomic E-state index is 13.1. The molecule has 0 aliphatic carbocycles. The van der Waals surface area contributed by atoms with Crippen LogP contribution in [-0.4, -0.2) is 41.8 Å². The molecular formula is C24H26N4O3. The summed E-state index contributed by atoms with van der Waals surface area (Å²) in [5, 5.41) is 2.36. The molecule has 2 aromatic rings. The van der Waals surface area contributed by atoms with E-state index in [9.17, 15) is 14.4 Å². The van der Waals surface area contributed by atoms with E-state index in [0.717, 1.165) is 24.1 Å². The first-order chi connectivity index (χ1) is 15.1. The molecule has 0 aromatic heterocycles. The molecule has 5 rings (SSSR count). The zero-order valence-corrected chi connectivity index (χ0v) is 17.3. The summed E-state index contributed by atoms with van der Waals surface area (Å²) in [7, 11) is 0. The molecule has 3 heterocycles. The molecule has 3 aliphatic heterocycles. The minimum atomic E-state index is -0.591. The molecule has 0 bridgehead atoms. The van der Waals surface area contributed by atoms with Gasteiger partial charge in [0.05, 0.1) is 0 Å². The van der Waals surface area contributed by atoms with E-state index < -0.39 is 6.04 Å². The Kier molecular flexibility index (Phi) is 4.98. The van der Waals surface area contributed by atoms with Gasteiger partial charge in [-0.25, -0.2) is 0 Å². The first-order valence-electron chi connectivity index (χ1n) is 10.9. The molecule has 0 radical (unpaired) electrons. The van der Waals surface area contributed by atoms with Gasteiger partial charge in [0.2, 0.25) is 11.8 Å². The first kappa shape index (κ1) is 19.8. The number of imide groups is 1. The van der Waals surface area contributed by atoms with Gasteiger partial charge in [0.1, 0.15) is 6.04 Å². The number of para-hydroxylation sites is 1. The number of hydrogen-bond acceptors (Lipinski definition) is 5. The van der Waals surface area contributed by atoms with Gasteiger partial charge in [0, 0.05) is 43.2 Å². The van der Waals surface area contributed by atoms with E-state index in [-0.39, 0.29) is 24.1 Å². The fourth-order valence-corrected chi connectivity index (χ4v) is 5.18. The molecule has 7 heteroatoms. The van der Waals surface area contributed by atoms with Crippen molar-refractivity contribution in [2.45, 2.75) is 44.3 Å². The second-order valence-corrected chi connectivity index (χ2v) is 8.56. The summed E-state index contributed by atoms with van der Waals surface area (Å²) in [6.07, 6.45) is 1.58. The summed E-state index contributed by atoms with van der Waals surface area (Å²) >= 11 is 0. The van der Waals surface area contributed by atoms with Crippen LogP contribution in [0.4, 0.5) is 5.69 Å². The van der Waals surface area contributed by atoms with Crippen LogP contribution in [0.15, 0.2) is 42.5 Å². The number of carbonyl (C=O) groups excluding carboxylic acids is 3. The lowest BCUT2D eigenvalue weighted by molar-refractivity contribution is -0.136. The number of piperidine rings is 1. The Morgan fingerprint density at radius 1 is 1.06 bits per heavy atom. The zero-order chi connectivity index (χ0) is 21.5. The number of rotatable bonds is 5. The van der Waals surface area contributed by atoms with Gasteiger partial charge in [-0.2, -0.15) is 0 Å². The van der Waals surface area contributed by atoms with Crippen molar-refractivity contribution in [3.8, 4) is 0 Å². The molecule has 2 aromatic carbocycles. The smallest absolute Gasteiger partial charge is 0.255 e. The maximum Gasteiger partial charge on any atom is 0.255 e. The minimum absolute atomic E-state index is 0.130. The van der Waals surface area contributed by atoms with Crippen molar-refractivity contribution >= 4 is 23.4 Å². The SMILES string of the molecule is NCCC1CN(Cc2cccc3c2CN(C2CCC(=O)NC2=O)C3=O)c2ccccc21. The second kappa shape index (κ2) is 7.81. The fraction of sp³-hybridized carbons (Fsp3) is 0.375. The number of nitrogens with two attached hydrogens (primary N) is 1. The Morgan fingerprint density at radius 3 is 2.71 bits per heavy atom. The first-order valence-corrected chi connectivity index (χ1v) is 10.9. The van der Waals surface area contributed by atoms with Crippen LogP contribution in [0.2, 0.25) is 0 Å². The predicted molar refractivity (Wildman–Crippen MR) is 116 cm³/mol. The average Bonchev–Trinajstić information content (AvgIpc) is 3.28. The number of hydrogen-bond donors (Lipinski definition) is 2. The number of fused-ring (bicyclic) bond motifs is 2. The number of nitrogens with zero attached hydrogens (tertiary/aromatic N) is 2. The topological polar surface area (TPSA) is 95.7 Å². The summed E-state index contributed by atoms with van der Waals surface area (Å²) in [4.78, 5) is 40.9. The minimum Gasteiger partial charge on any atom is -0.366 e. The molecule has 7 nitrogen and oxygen atoms in total. The summed E-state index contributed by atoms with van der Waals surface area (Å²) in [5.41, 5.74) is 11.1. The highest BCUT2D eigenvalue weighted by Gasteiger charge is 2.40. The maximum absolute atomic E-state index is 13.1. The van der Waals surface area contributed by atoms with Gasteiger partial charge in [-0.1, -0.05) is 30.3 Å². The molecule has 3 amide bonds. The molecule has 2 unspecified atom stereocenters. The second-order valence-electron chi connectivity index (χ2n) is 8.56. The molecule has 0 spiro atoms. The average molecular weight is 418 g/mol. The van der Waals surface area contributed by atoms with Crippen molar-refractivity contribution in [3.63, 3.8) is 0 Å². The number of benzene rings is 2. The van der Waals surface area contributed by atoms with Crippen molar-refractivity contribution in [2.24, 2.45) is 5.73 Å². The number of nitrogens with one attached hydrogen (secondary N) is 1. The third-order valence-corrected chi connectivity index (χ3v) is 6.71. The van der Waals surface area contributed by atoms with E-state index in [4.69, 9.17) is 5.73 Å². The van der Waals surface area contributed by atoms with Crippen LogP contribution in [0.5, 0.6) is 0 Å². The van der Waals surface area contributed by atoms with Crippen LogP contribution < -0.4 is 16.0 Å². The monoisotopic (exact) mass is 418 g/mol. The Hall–Kier alpha value is -3.19. The molecule has 0 saturated carbocycles. The van der Waals surface area contributed by atoms with Crippen LogP contribution in [0, 0.1) is 0 Å². The van der Waals surface area contributed by atoms with Crippen LogP contribution >= 0.6 is 0 Å². The third kappa shape index (κ3) is 3.39. The van der Waals surface area contributed by atoms with Crippen molar-refractivity contribution in [3.05, 3.63) is 64.7 Å². The molecular weight excluding hydrogens is 392 g/mol. The largest absolute Gasteiger partial charge is 0.366 e. The number of carbonyl (C=O) groups is 3. The summed E-state index contributed by atoms with van der Waals surface area (Å²) in [5.74, 6) is -0.364. The summed E-state index contributed by atoms with van der Waals surface area (Å²) < 4.78 is 0. The summed E-state index contributed by atoms with van der Waals surface area (Å²) in [6, 6.07) is 13.7. The summed E-state index contributed by atoms with van der Waals surface area (Å²) in [6.45, 7) is 2.67. The lowest BCUT2D eigenvalue weighted by atomic mass is 9.98. The Balaban J connectivity index is 1.40. The normalized spacial score (nSPS) is 22.5. The van der Waals surface area contributed by atoms with E-state index in [2.05, 4.69) is 40.5 Å². The number of anilines is 1. The highest BCUT2D eigenvalue weighted by atomic mass is 16.2. The van der Waals surface area contributed by atoms with Gasteiger partial charge in [0.25, 0.3) is 5.91 Å². The lowest BCUT2D eigenvalue weighted by Crippen LogP contribution is -2.52. The van der Waals surface area contributed by atoms with E-state index in [1.165, 1.54) is 11.3 Å². The quantitative estimate of drug-likeness (QED) is 0.723. The Morgan fingerprint density at radius 2 is 1.90 bits per heavy atom. The van der Waals surface area contributed by atoms with Gasteiger partial charge in [-0.15, -0.1) is 0 Å². The predicted octanol–water partition coefficient (Wildman–Crippen LogP) is 1.90. The van der Waals surface area contributed by atoms with Crippen molar-refractivity contribution in [1.82, 2.24) is 10.2 Å². The van der Waals surface area contributed by atoms with Crippen molar-refractivity contribution in [2.75, 3.05) is 18.0 Å². The molecule has 31 heavy (non-hydrogen) atoms. The van der Waals surface area contributed by atoms with Crippen LogP contribution in [-0.2, 0) is 22.7 Å². The van der Waals surface area contributed by atoms with Gasteiger partial charge >= 0.3 is 0 Å². The van der Waals surface area contributed by atoms with Crippen molar-refractivity contribution in [1.29, 1.82) is 0 Å². The van der Waals surface area contributed by atoms with Gasteiger partial charge in [-0.3, -0.25) is 19.7 Å². The van der Waals surface area contributed by atoms with Gasteiger partial charge in [0.15, 0.2) is 0 Å². The van der Waals surface area contributed by atoms with Gasteiger partial charge < -0.3 is 15.5 Å². The van der Waals surface area contributed by atoms with Crippen LogP contribution in [0.1, 0.15) is 52.2 Å². The lowest BCUT2D eigenvalue weighted by Gasteiger charge is -2.29. The molecule has 3 N–H and O–H groups in total. The van der Waals surface area contributed by atoms with E-state index in [0.29, 0.717) is 37.5 Å². The van der Waals surface area contributed by atoms with Gasteiger partial charge in [-0.05, 0) is 48.2 Å². The third-order valence-electron chi connectivity index (χ3n) is 6.71. The van der Waals surface area contributed by atoms with Crippen molar-refractivity contribution < 1.29 is 14.4 Å². The number of amides is 3. The van der Waals surface area contributed by atoms with E-state index >= 15 is 0 Å². The highest BCUT2D eigenvalue weighted by Crippen LogP contribution is 2.39. The fourth-order valence-electron chi connectivity index (χ4n) is 5.18. The molecule has 3 aliphatic rings. The molecule has 160 valence electrons. The van der Waals surface area contributed by atoms with Crippen LogP contribution in [0.25, 0.3) is 0 Å². The Labute approximate surface area is 181 Å². The molecule has 1 fully saturated rings. The molecule has 2 atom stereocenters. The Bertz CT molecular complexity index is 1070. The highest BCUT2D eigenvalue weighted by molar-refractivity contribution is 6.05. The van der Waals surface area contributed by atoms with E-state index in [1.807, 2.05) is 12.1 Å².